The number of piperidine rings is 1. The molecule has 2 heterocycles. The topological polar surface area (TPSA) is 45.6 Å². The third-order valence-electron chi connectivity index (χ3n) is 5.65. The number of amides is 1. The molecule has 0 unspecified atom stereocenters. The number of benzene rings is 1. The van der Waals surface area contributed by atoms with E-state index in [-0.39, 0.29) is 18.5 Å². The molecule has 1 aromatic heterocycles. The van der Waals surface area contributed by atoms with Gasteiger partial charge in [0.25, 0.3) is 5.91 Å². The maximum absolute atomic E-state index is 13.5. The Balaban J connectivity index is 1.94. The molecule has 152 valence electrons. The van der Waals surface area contributed by atoms with Gasteiger partial charge in [0.15, 0.2) is 0 Å². The van der Waals surface area contributed by atoms with Crippen LogP contribution in [-0.4, -0.2) is 58.3 Å². The number of fused-ring (bicyclic) bond motifs is 1. The fraction of sp³-hybridized carbons (Fsp3) is 0.524. The second kappa shape index (κ2) is 8.85. The smallest absolute Gasteiger partial charge is 0.271 e. The second-order valence-electron chi connectivity index (χ2n) is 7.58. The Morgan fingerprint density at radius 3 is 2.50 bits per heavy atom. The molecule has 0 spiro atoms. The Hall–Kier alpha value is -1.56. The molecule has 0 aliphatic carbocycles. The zero-order valence-electron chi connectivity index (χ0n) is 16.6. The maximum atomic E-state index is 13.5. The lowest BCUT2D eigenvalue weighted by molar-refractivity contribution is -0.109. The second-order valence-corrected chi connectivity index (χ2v) is 8.43. The molecule has 0 atom stereocenters. The van der Waals surface area contributed by atoms with Crippen molar-refractivity contribution in [1.82, 2.24) is 14.4 Å². The number of likely N-dealkylation sites (tertiary alicyclic amines) is 1. The van der Waals surface area contributed by atoms with E-state index in [4.69, 9.17) is 23.2 Å². The molecule has 7 heteroatoms. The van der Waals surface area contributed by atoms with Crippen LogP contribution in [0.5, 0.6) is 0 Å². The minimum absolute atomic E-state index is 0.0649. The number of carbonyl (C=O) groups is 2. The van der Waals surface area contributed by atoms with E-state index in [2.05, 4.69) is 18.7 Å². The molecular weight excluding hydrogens is 397 g/mol. The van der Waals surface area contributed by atoms with Gasteiger partial charge in [0, 0.05) is 42.1 Å². The van der Waals surface area contributed by atoms with E-state index in [0.29, 0.717) is 28.3 Å². The highest BCUT2D eigenvalue weighted by Crippen LogP contribution is 2.32. The van der Waals surface area contributed by atoms with E-state index in [9.17, 15) is 9.59 Å². The summed E-state index contributed by atoms with van der Waals surface area (Å²) in [6, 6.07) is 5.90. The summed E-state index contributed by atoms with van der Waals surface area (Å²) < 4.78 is 1.91. The molecule has 28 heavy (non-hydrogen) atoms. The van der Waals surface area contributed by atoms with Crippen LogP contribution < -0.4 is 0 Å². The third-order valence-corrected chi connectivity index (χ3v) is 6.15. The number of aryl methyl sites for hydroxylation is 1. The number of hydrogen-bond donors (Lipinski definition) is 0. The molecule has 1 aromatic carbocycles. The van der Waals surface area contributed by atoms with Crippen LogP contribution in [0.15, 0.2) is 18.2 Å². The van der Waals surface area contributed by atoms with Gasteiger partial charge in [0.2, 0.25) is 0 Å². The first-order valence-corrected chi connectivity index (χ1v) is 10.6. The predicted octanol–water partition coefficient (Wildman–Crippen LogP) is 4.48. The standard InChI is InChI=1S/C21H27Cl2N3O2/c1-4-25-19(12-15-11-16(22)13-18(23)20(15)25)21(28)26(9-10-27)17-5-7-24(8-6-17)14(2)3/h10-14,17H,4-9H2,1-3H3. The van der Waals surface area contributed by atoms with Crippen LogP contribution in [-0.2, 0) is 11.3 Å². The van der Waals surface area contributed by atoms with Crippen LogP contribution in [0.3, 0.4) is 0 Å². The van der Waals surface area contributed by atoms with Gasteiger partial charge in [-0.25, -0.2) is 0 Å². The molecule has 0 N–H and O–H groups in total. The summed E-state index contributed by atoms with van der Waals surface area (Å²) in [4.78, 5) is 28.9. The number of rotatable bonds is 6. The van der Waals surface area contributed by atoms with Gasteiger partial charge in [-0.3, -0.25) is 4.79 Å². The van der Waals surface area contributed by atoms with Crippen molar-refractivity contribution in [2.45, 2.75) is 52.2 Å². The first-order chi connectivity index (χ1) is 13.4. The lowest BCUT2D eigenvalue weighted by Gasteiger charge is -2.39. The molecule has 0 radical (unpaired) electrons. The van der Waals surface area contributed by atoms with Crippen LogP contribution in [0.1, 0.15) is 44.1 Å². The highest BCUT2D eigenvalue weighted by atomic mass is 35.5. The molecule has 0 bridgehead atoms. The van der Waals surface area contributed by atoms with Crippen molar-refractivity contribution in [1.29, 1.82) is 0 Å². The summed E-state index contributed by atoms with van der Waals surface area (Å²) in [5.74, 6) is -0.125. The summed E-state index contributed by atoms with van der Waals surface area (Å²) in [6.45, 7) is 8.92. The third kappa shape index (κ3) is 4.07. The molecule has 1 fully saturated rings. The number of nitrogens with zero attached hydrogens (tertiary/aromatic N) is 3. The minimum atomic E-state index is -0.125. The van der Waals surface area contributed by atoms with Crippen molar-refractivity contribution in [2.75, 3.05) is 19.6 Å². The zero-order valence-corrected chi connectivity index (χ0v) is 18.1. The fourth-order valence-electron chi connectivity index (χ4n) is 4.17. The Morgan fingerprint density at radius 1 is 1.25 bits per heavy atom. The lowest BCUT2D eigenvalue weighted by Crippen LogP contribution is -2.49. The van der Waals surface area contributed by atoms with Crippen molar-refractivity contribution in [2.24, 2.45) is 0 Å². The van der Waals surface area contributed by atoms with Gasteiger partial charge in [0.1, 0.15) is 12.0 Å². The van der Waals surface area contributed by atoms with E-state index >= 15 is 0 Å². The van der Waals surface area contributed by atoms with Crippen LogP contribution in [0, 0.1) is 0 Å². The van der Waals surface area contributed by atoms with Crippen molar-refractivity contribution in [3.05, 3.63) is 33.9 Å². The molecule has 1 amide bonds. The van der Waals surface area contributed by atoms with Gasteiger partial charge in [-0.15, -0.1) is 0 Å². The average molecular weight is 424 g/mol. The average Bonchev–Trinajstić information content (AvgIpc) is 3.04. The summed E-state index contributed by atoms with van der Waals surface area (Å²) in [5.41, 5.74) is 1.35. The van der Waals surface area contributed by atoms with Crippen LogP contribution in [0.4, 0.5) is 0 Å². The summed E-state index contributed by atoms with van der Waals surface area (Å²) >= 11 is 12.5. The van der Waals surface area contributed by atoms with Crippen molar-refractivity contribution in [3.63, 3.8) is 0 Å². The molecule has 0 saturated carbocycles. The predicted molar refractivity (Wildman–Crippen MR) is 114 cm³/mol. The number of aromatic nitrogens is 1. The van der Waals surface area contributed by atoms with Crippen LogP contribution in [0.25, 0.3) is 10.9 Å². The van der Waals surface area contributed by atoms with Gasteiger partial charge in [-0.05, 0) is 51.8 Å². The SMILES string of the molecule is CCn1c(C(=O)N(CC=O)C2CCN(C(C)C)CC2)cc2cc(Cl)cc(Cl)c21. The first-order valence-electron chi connectivity index (χ1n) is 9.84. The Kier molecular flexibility index (Phi) is 6.69. The number of halogens is 2. The van der Waals surface area contributed by atoms with Gasteiger partial charge in [-0.1, -0.05) is 23.2 Å². The van der Waals surface area contributed by atoms with E-state index < -0.39 is 0 Å². The largest absolute Gasteiger partial charge is 0.336 e. The highest BCUT2D eigenvalue weighted by Gasteiger charge is 2.31. The summed E-state index contributed by atoms with van der Waals surface area (Å²) in [5, 5.41) is 1.90. The lowest BCUT2D eigenvalue weighted by atomic mass is 10.0. The van der Waals surface area contributed by atoms with Gasteiger partial charge < -0.3 is 19.2 Å². The van der Waals surface area contributed by atoms with Crippen LogP contribution in [0.2, 0.25) is 10.0 Å². The van der Waals surface area contributed by atoms with Gasteiger partial charge in [-0.2, -0.15) is 0 Å². The summed E-state index contributed by atoms with van der Waals surface area (Å²) in [6.07, 6.45) is 2.56. The Bertz CT molecular complexity index is 870. The quantitative estimate of drug-likeness (QED) is 0.643. The van der Waals surface area contributed by atoms with Crippen molar-refractivity contribution < 1.29 is 9.59 Å². The van der Waals surface area contributed by atoms with E-state index in [1.54, 1.807) is 11.0 Å². The fourth-order valence-corrected chi connectivity index (χ4v) is 4.78. The molecule has 2 aromatic rings. The zero-order chi connectivity index (χ0) is 20.4. The first kappa shape index (κ1) is 21.2. The molecule has 1 aliphatic heterocycles. The Morgan fingerprint density at radius 2 is 1.93 bits per heavy atom. The maximum Gasteiger partial charge on any atom is 0.271 e. The molecule has 5 nitrogen and oxygen atoms in total. The highest BCUT2D eigenvalue weighted by molar-refractivity contribution is 6.38. The van der Waals surface area contributed by atoms with Crippen molar-refractivity contribution in [3.8, 4) is 0 Å². The van der Waals surface area contributed by atoms with E-state index in [0.717, 1.165) is 43.1 Å². The number of aldehydes is 1. The van der Waals surface area contributed by atoms with Gasteiger partial charge >= 0.3 is 0 Å². The van der Waals surface area contributed by atoms with E-state index in [1.165, 1.54) is 0 Å². The number of carbonyl (C=O) groups excluding carboxylic acids is 2. The summed E-state index contributed by atoms with van der Waals surface area (Å²) in [7, 11) is 0. The molecular formula is C21H27Cl2N3O2. The molecule has 1 aliphatic rings. The normalized spacial score (nSPS) is 16.1. The van der Waals surface area contributed by atoms with Crippen LogP contribution >= 0.6 is 23.2 Å². The minimum Gasteiger partial charge on any atom is -0.336 e. The Labute approximate surface area is 176 Å². The monoisotopic (exact) mass is 423 g/mol. The van der Waals surface area contributed by atoms with Crippen molar-refractivity contribution >= 4 is 46.3 Å². The van der Waals surface area contributed by atoms with Gasteiger partial charge in [0.05, 0.1) is 17.1 Å². The van der Waals surface area contributed by atoms with E-state index in [1.807, 2.05) is 23.6 Å². The molecule has 3 rings (SSSR count). The molecule has 1 saturated heterocycles. The number of hydrogen-bond acceptors (Lipinski definition) is 3.